The van der Waals surface area contributed by atoms with E-state index in [1.807, 2.05) is 13.2 Å². The van der Waals surface area contributed by atoms with Crippen LogP contribution >= 0.6 is 23.4 Å². The number of nitrogens with one attached hydrogen (secondary N) is 3. The van der Waals surface area contributed by atoms with E-state index in [1.165, 1.54) is 11.1 Å². The van der Waals surface area contributed by atoms with Crippen molar-refractivity contribution >= 4 is 46.5 Å². The molecule has 2 atom stereocenters. The van der Waals surface area contributed by atoms with Gasteiger partial charge in [0.05, 0.1) is 35.9 Å². The molecule has 4 heterocycles. The number of aryl methyl sites for hydroxylation is 2. The highest BCUT2D eigenvalue weighted by molar-refractivity contribution is 8.00. The Bertz CT molecular complexity index is 1330. The molecule has 1 aliphatic carbocycles. The SMILES string of the molecule is Cc1cc(Nc2ncc(Cl)c(Nc3cn(C)nc3SC(C)C)n2)c(OC2CC2)cc1C1CC2CNCC(C1)O2. The highest BCUT2D eigenvalue weighted by Gasteiger charge is 2.34. The Balaban J connectivity index is 1.26. The van der Waals surface area contributed by atoms with E-state index < -0.39 is 0 Å². The lowest BCUT2D eigenvalue weighted by Crippen LogP contribution is -2.49. The summed E-state index contributed by atoms with van der Waals surface area (Å²) in [4.78, 5) is 9.19. The van der Waals surface area contributed by atoms with Gasteiger partial charge < -0.3 is 25.4 Å². The number of anilines is 4. The van der Waals surface area contributed by atoms with Gasteiger partial charge >= 0.3 is 0 Å². The molecule has 1 saturated carbocycles. The highest BCUT2D eigenvalue weighted by Crippen LogP contribution is 2.42. The number of aromatic nitrogens is 4. The molecule has 3 aromatic rings. The zero-order valence-corrected chi connectivity index (χ0v) is 24.4. The van der Waals surface area contributed by atoms with Crippen LogP contribution in [0, 0.1) is 6.92 Å². The molecule has 3 fully saturated rings. The summed E-state index contributed by atoms with van der Waals surface area (Å²) in [6, 6.07) is 4.40. The Kier molecular flexibility index (Phi) is 7.63. The summed E-state index contributed by atoms with van der Waals surface area (Å²) in [5.74, 6) is 2.28. The lowest BCUT2D eigenvalue weighted by Gasteiger charge is -2.40. The van der Waals surface area contributed by atoms with Crippen molar-refractivity contribution in [2.45, 2.75) is 81.0 Å². The van der Waals surface area contributed by atoms with E-state index in [1.54, 1.807) is 22.6 Å². The predicted octanol–water partition coefficient (Wildman–Crippen LogP) is 5.94. The van der Waals surface area contributed by atoms with Crippen molar-refractivity contribution in [2.24, 2.45) is 7.05 Å². The molecule has 3 N–H and O–H groups in total. The fourth-order valence-electron chi connectivity index (χ4n) is 5.37. The van der Waals surface area contributed by atoms with Gasteiger partial charge in [-0.1, -0.05) is 37.2 Å². The Labute approximate surface area is 238 Å². The van der Waals surface area contributed by atoms with Crippen molar-refractivity contribution in [2.75, 3.05) is 23.7 Å². The second kappa shape index (κ2) is 11.2. The van der Waals surface area contributed by atoms with E-state index in [9.17, 15) is 0 Å². The fraction of sp³-hybridized carbons (Fsp3) is 0.536. The third kappa shape index (κ3) is 6.29. The number of thioether (sulfide) groups is 1. The van der Waals surface area contributed by atoms with Crippen LogP contribution in [0.4, 0.5) is 23.1 Å². The van der Waals surface area contributed by atoms with Gasteiger partial charge in [-0.25, -0.2) is 4.98 Å². The lowest BCUT2D eigenvalue weighted by molar-refractivity contribution is -0.0781. The summed E-state index contributed by atoms with van der Waals surface area (Å²) in [6.45, 7) is 8.32. The lowest BCUT2D eigenvalue weighted by atomic mass is 9.82. The largest absolute Gasteiger partial charge is 0.488 e. The Morgan fingerprint density at radius 2 is 1.92 bits per heavy atom. The van der Waals surface area contributed by atoms with Gasteiger partial charge in [0.1, 0.15) is 15.8 Å². The molecule has 2 bridgehead atoms. The second-order valence-corrected chi connectivity index (χ2v) is 13.0. The van der Waals surface area contributed by atoms with E-state index in [4.69, 9.17) is 26.1 Å². The smallest absolute Gasteiger partial charge is 0.229 e. The number of hydrogen-bond acceptors (Lipinski definition) is 9. The van der Waals surface area contributed by atoms with Crippen LogP contribution in [-0.4, -0.2) is 56.4 Å². The summed E-state index contributed by atoms with van der Waals surface area (Å²) in [5, 5.41) is 16.6. The predicted molar refractivity (Wildman–Crippen MR) is 156 cm³/mol. The van der Waals surface area contributed by atoms with Crippen molar-refractivity contribution in [1.82, 2.24) is 25.1 Å². The van der Waals surface area contributed by atoms with Crippen LogP contribution in [0.2, 0.25) is 5.02 Å². The molecular weight excluding hydrogens is 534 g/mol. The van der Waals surface area contributed by atoms with Crippen LogP contribution in [0.1, 0.15) is 56.6 Å². The van der Waals surface area contributed by atoms with Crippen molar-refractivity contribution in [3.63, 3.8) is 0 Å². The number of ether oxygens (including phenoxy) is 2. The normalized spacial score (nSPS) is 22.7. The van der Waals surface area contributed by atoms with Crippen molar-refractivity contribution in [3.05, 3.63) is 40.7 Å². The molecule has 2 aliphatic heterocycles. The van der Waals surface area contributed by atoms with Crippen molar-refractivity contribution < 1.29 is 9.47 Å². The van der Waals surface area contributed by atoms with Crippen molar-refractivity contribution in [3.8, 4) is 5.75 Å². The Morgan fingerprint density at radius 3 is 2.64 bits per heavy atom. The van der Waals surface area contributed by atoms with Gasteiger partial charge in [-0.2, -0.15) is 10.1 Å². The third-order valence-corrected chi connectivity index (χ3v) is 8.51. The molecule has 3 aliphatic rings. The first kappa shape index (κ1) is 26.7. The molecule has 2 saturated heterocycles. The van der Waals surface area contributed by atoms with Crippen LogP contribution in [0.25, 0.3) is 0 Å². The highest BCUT2D eigenvalue weighted by atomic mass is 35.5. The first-order chi connectivity index (χ1) is 18.8. The molecule has 2 aromatic heterocycles. The molecule has 208 valence electrons. The van der Waals surface area contributed by atoms with Crippen LogP contribution in [0.15, 0.2) is 29.6 Å². The molecule has 2 unspecified atom stereocenters. The summed E-state index contributed by atoms with van der Waals surface area (Å²) in [7, 11) is 1.90. The van der Waals surface area contributed by atoms with E-state index in [0.717, 1.165) is 60.9 Å². The number of nitrogens with zero attached hydrogens (tertiary/aromatic N) is 4. The standard InChI is InChI=1S/C28H36ClN7O2S/c1-15(2)39-27-24(14-36(4)35-27)32-26-22(29)13-31-28(34-26)33-23-7-16(3)21(10-25(23)38-18-5-6-18)17-8-19-11-30-12-20(9-17)37-19/h7,10,13-15,17-20,30H,5-6,8-9,11-12H2,1-4H3,(H2,31,32,33,34). The Morgan fingerprint density at radius 1 is 1.15 bits per heavy atom. The summed E-state index contributed by atoms with van der Waals surface area (Å²) < 4.78 is 14.4. The summed E-state index contributed by atoms with van der Waals surface area (Å²) in [6.07, 6.45) is 8.60. The number of benzene rings is 1. The molecular formula is C28H36ClN7O2S. The number of rotatable bonds is 9. The zero-order chi connectivity index (χ0) is 27.1. The van der Waals surface area contributed by atoms with Crippen molar-refractivity contribution in [1.29, 1.82) is 0 Å². The second-order valence-electron chi connectivity index (χ2n) is 11.1. The van der Waals surface area contributed by atoms with Gasteiger partial charge in [0, 0.05) is 31.6 Å². The molecule has 11 heteroatoms. The summed E-state index contributed by atoms with van der Waals surface area (Å²) in [5.41, 5.74) is 4.30. The Hall–Kier alpha value is -2.53. The van der Waals surface area contributed by atoms with Gasteiger partial charge in [0.25, 0.3) is 0 Å². The van der Waals surface area contributed by atoms with Gasteiger partial charge in [-0.05, 0) is 61.8 Å². The van der Waals surface area contributed by atoms with E-state index >= 15 is 0 Å². The minimum atomic E-state index is 0.269. The maximum atomic E-state index is 6.51. The first-order valence-corrected chi connectivity index (χ1v) is 15.0. The molecule has 6 rings (SSSR count). The van der Waals surface area contributed by atoms with E-state index in [0.29, 0.717) is 28.0 Å². The zero-order valence-electron chi connectivity index (χ0n) is 22.8. The maximum absolute atomic E-state index is 6.51. The van der Waals surface area contributed by atoms with Crippen LogP contribution in [0.5, 0.6) is 5.75 Å². The third-order valence-electron chi connectivity index (χ3n) is 7.24. The van der Waals surface area contributed by atoms with E-state index in [2.05, 4.69) is 58.9 Å². The molecule has 9 nitrogen and oxygen atoms in total. The topological polar surface area (TPSA) is 98.2 Å². The van der Waals surface area contributed by atoms with Gasteiger partial charge in [0.2, 0.25) is 5.95 Å². The maximum Gasteiger partial charge on any atom is 0.229 e. The van der Waals surface area contributed by atoms with E-state index in [-0.39, 0.29) is 18.3 Å². The molecule has 0 spiro atoms. The monoisotopic (exact) mass is 569 g/mol. The number of hydrogen-bond donors (Lipinski definition) is 3. The number of fused-ring (bicyclic) bond motifs is 2. The number of halogens is 1. The molecule has 0 amide bonds. The fourth-order valence-corrected chi connectivity index (χ4v) is 6.36. The minimum absolute atomic E-state index is 0.269. The van der Waals surface area contributed by atoms with Crippen LogP contribution in [-0.2, 0) is 11.8 Å². The first-order valence-electron chi connectivity index (χ1n) is 13.7. The van der Waals surface area contributed by atoms with Crippen LogP contribution < -0.4 is 20.7 Å². The van der Waals surface area contributed by atoms with Gasteiger partial charge in [-0.15, -0.1) is 0 Å². The molecule has 0 radical (unpaired) electrons. The minimum Gasteiger partial charge on any atom is -0.488 e. The van der Waals surface area contributed by atoms with Crippen LogP contribution in [0.3, 0.4) is 0 Å². The average molecular weight is 570 g/mol. The van der Waals surface area contributed by atoms with Gasteiger partial charge in [-0.3, -0.25) is 4.68 Å². The molecule has 39 heavy (non-hydrogen) atoms. The van der Waals surface area contributed by atoms with Gasteiger partial charge in [0.15, 0.2) is 5.82 Å². The molecule has 1 aromatic carbocycles. The average Bonchev–Trinajstić information content (AvgIpc) is 3.64. The quantitative estimate of drug-likeness (QED) is 0.271. The summed E-state index contributed by atoms with van der Waals surface area (Å²) >= 11 is 8.19. The number of morpholine rings is 1.